The maximum Gasteiger partial charge on any atom is 0.250 e. The SMILES string of the molecule is NC(=O)c1cc(Nc2c(Cl)cc(F)cc2Cl)ncc1N. The van der Waals surface area contributed by atoms with E-state index in [4.69, 9.17) is 34.7 Å². The zero-order valence-electron chi connectivity index (χ0n) is 9.95. The van der Waals surface area contributed by atoms with Crippen molar-refractivity contribution in [3.05, 3.63) is 45.8 Å². The van der Waals surface area contributed by atoms with E-state index in [0.29, 0.717) is 0 Å². The molecule has 2 aromatic rings. The van der Waals surface area contributed by atoms with E-state index in [2.05, 4.69) is 10.3 Å². The Bertz CT molecular complexity index is 670. The molecule has 20 heavy (non-hydrogen) atoms. The van der Waals surface area contributed by atoms with Gasteiger partial charge in [0.2, 0.25) is 0 Å². The summed E-state index contributed by atoms with van der Waals surface area (Å²) >= 11 is 11.8. The van der Waals surface area contributed by atoms with Gasteiger partial charge in [0, 0.05) is 0 Å². The lowest BCUT2D eigenvalue weighted by Gasteiger charge is -2.11. The number of pyridine rings is 1. The molecule has 0 aliphatic rings. The largest absolute Gasteiger partial charge is 0.397 e. The molecule has 0 atom stereocenters. The van der Waals surface area contributed by atoms with Gasteiger partial charge >= 0.3 is 0 Å². The van der Waals surface area contributed by atoms with Crippen molar-refractivity contribution in [1.29, 1.82) is 0 Å². The van der Waals surface area contributed by atoms with Crippen molar-refractivity contribution in [3.8, 4) is 0 Å². The van der Waals surface area contributed by atoms with Crippen LogP contribution in [0.15, 0.2) is 24.4 Å². The summed E-state index contributed by atoms with van der Waals surface area (Å²) in [6.45, 7) is 0. The average molecular weight is 315 g/mol. The molecular weight excluding hydrogens is 306 g/mol. The maximum atomic E-state index is 13.1. The lowest BCUT2D eigenvalue weighted by atomic mass is 10.2. The number of carbonyl (C=O) groups excluding carboxylic acids is 1. The van der Waals surface area contributed by atoms with E-state index in [1.54, 1.807) is 0 Å². The molecule has 0 unspecified atom stereocenters. The smallest absolute Gasteiger partial charge is 0.250 e. The molecule has 1 heterocycles. The van der Waals surface area contributed by atoms with Crippen LogP contribution in [0, 0.1) is 5.82 Å². The molecule has 0 aliphatic heterocycles. The van der Waals surface area contributed by atoms with Gasteiger partial charge in [-0.2, -0.15) is 0 Å². The number of nitrogens with two attached hydrogens (primary N) is 2. The molecule has 1 amide bonds. The summed E-state index contributed by atoms with van der Waals surface area (Å²) < 4.78 is 13.1. The monoisotopic (exact) mass is 314 g/mol. The van der Waals surface area contributed by atoms with Crippen molar-refractivity contribution in [3.63, 3.8) is 0 Å². The third-order valence-corrected chi connectivity index (χ3v) is 3.06. The van der Waals surface area contributed by atoms with Crippen molar-refractivity contribution in [2.24, 2.45) is 5.73 Å². The second kappa shape index (κ2) is 5.52. The third-order valence-electron chi connectivity index (χ3n) is 2.46. The number of nitrogen functional groups attached to an aromatic ring is 1. The molecule has 5 nitrogen and oxygen atoms in total. The number of primary amides is 1. The van der Waals surface area contributed by atoms with Gasteiger partial charge in [0.05, 0.1) is 33.2 Å². The van der Waals surface area contributed by atoms with E-state index >= 15 is 0 Å². The van der Waals surface area contributed by atoms with Crippen LogP contribution in [0.4, 0.5) is 21.6 Å². The lowest BCUT2D eigenvalue weighted by Crippen LogP contribution is -2.14. The van der Waals surface area contributed by atoms with E-state index in [1.165, 1.54) is 12.3 Å². The first-order valence-electron chi connectivity index (χ1n) is 5.35. The van der Waals surface area contributed by atoms with E-state index in [0.717, 1.165) is 12.1 Å². The Hall–Kier alpha value is -2.05. The van der Waals surface area contributed by atoms with Gasteiger partial charge in [-0.1, -0.05) is 23.2 Å². The predicted molar refractivity (Wildman–Crippen MR) is 76.9 cm³/mol. The van der Waals surface area contributed by atoms with Crippen LogP contribution < -0.4 is 16.8 Å². The number of anilines is 3. The lowest BCUT2D eigenvalue weighted by molar-refractivity contribution is 0.100. The Balaban J connectivity index is 2.41. The van der Waals surface area contributed by atoms with Gasteiger partial charge in [-0.15, -0.1) is 0 Å². The van der Waals surface area contributed by atoms with Crippen LogP contribution in [-0.2, 0) is 0 Å². The number of benzene rings is 1. The number of rotatable bonds is 3. The highest BCUT2D eigenvalue weighted by atomic mass is 35.5. The Morgan fingerprint density at radius 3 is 2.40 bits per heavy atom. The molecule has 2 rings (SSSR count). The molecular formula is C12H9Cl2FN4O. The molecule has 0 spiro atoms. The Kier molecular flexibility index (Phi) is 3.96. The van der Waals surface area contributed by atoms with Crippen molar-refractivity contribution in [1.82, 2.24) is 4.98 Å². The summed E-state index contributed by atoms with van der Waals surface area (Å²) in [4.78, 5) is 15.2. The first-order chi connectivity index (χ1) is 9.38. The number of hydrogen-bond acceptors (Lipinski definition) is 4. The fraction of sp³-hybridized carbons (Fsp3) is 0. The summed E-state index contributed by atoms with van der Waals surface area (Å²) in [5.41, 5.74) is 11.3. The van der Waals surface area contributed by atoms with Gasteiger partial charge < -0.3 is 16.8 Å². The second-order valence-corrected chi connectivity index (χ2v) is 4.70. The van der Waals surface area contributed by atoms with Gasteiger partial charge in [0.25, 0.3) is 5.91 Å². The molecule has 0 aliphatic carbocycles. The van der Waals surface area contributed by atoms with Crippen molar-refractivity contribution >= 4 is 46.3 Å². The van der Waals surface area contributed by atoms with Gasteiger partial charge in [-0.25, -0.2) is 9.37 Å². The molecule has 1 aromatic heterocycles. The normalized spacial score (nSPS) is 10.3. The van der Waals surface area contributed by atoms with Gasteiger partial charge in [-0.05, 0) is 18.2 Å². The van der Waals surface area contributed by atoms with Gasteiger partial charge in [0.15, 0.2) is 0 Å². The summed E-state index contributed by atoms with van der Waals surface area (Å²) in [6, 6.07) is 3.55. The minimum Gasteiger partial charge on any atom is -0.397 e. The highest BCUT2D eigenvalue weighted by molar-refractivity contribution is 6.39. The van der Waals surface area contributed by atoms with Crippen molar-refractivity contribution in [2.45, 2.75) is 0 Å². The maximum absolute atomic E-state index is 13.1. The molecule has 1 aromatic carbocycles. The second-order valence-electron chi connectivity index (χ2n) is 3.89. The van der Waals surface area contributed by atoms with Crippen LogP contribution in [0.1, 0.15) is 10.4 Å². The van der Waals surface area contributed by atoms with E-state index in [9.17, 15) is 9.18 Å². The first-order valence-corrected chi connectivity index (χ1v) is 6.11. The summed E-state index contributed by atoms with van der Waals surface area (Å²) in [5.74, 6) is -0.999. The third kappa shape index (κ3) is 2.92. The Labute approximate surface area is 123 Å². The quantitative estimate of drug-likeness (QED) is 0.811. The molecule has 0 bridgehead atoms. The predicted octanol–water partition coefficient (Wildman–Crippen LogP) is 2.95. The molecule has 5 N–H and O–H groups in total. The molecule has 0 saturated carbocycles. The number of nitrogens with zero attached hydrogens (tertiary/aromatic N) is 1. The number of nitrogens with one attached hydrogen (secondary N) is 1. The molecule has 8 heteroatoms. The minimum absolute atomic E-state index is 0.0780. The highest BCUT2D eigenvalue weighted by Crippen LogP contribution is 2.33. The van der Waals surface area contributed by atoms with Crippen LogP contribution in [0.25, 0.3) is 0 Å². The zero-order chi connectivity index (χ0) is 14.9. The summed E-state index contributed by atoms with van der Waals surface area (Å²) in [5, 5.41) is 2.94. The average Bonchev–Trinajstić information content (AvgIpc) is 2.35. The fourth-order valence-electron chi connectivity index (χ4n) is 1.54. The Morgan fingerprint density at radius 2 is 1.85 bits per heavy atom. The highest BCUT2D eigenvalue weighted by Gasteiger charge is 2.12. The fourth-order valence-corrected chi connectivity index (χ4v) is 2.09. The number of amides is 1. The van der Waals surface area contributed by atoms with Crippen LogP contribution >= 0.6 is 23.2 Å². The number of halogens is 3. The van der Waals surface area contributed by atoms with Crippen LogP contribution in [-0.4, -0.2) is 10.9 Å². The number of aromatic nitrogens is 1. The molecule has 0 saturated heterocycles. The first kappa shape index (κ1) is 14.4. The molecule has 0 fully saturated rings. The summed E-state index contributed by atoms with van der Waals surface area (Å²) in [6.07, 6.45) is 1.27. The molecule has 0 radical (unpaired) electrons. The van der Waals surface area contributed by atoms with Crippen LogP contribution in [0.2, 0.25) is 10.0 Å². The van der Waals surface area contributed by atoms with E-state index < -0.39 is 11.7 Å². The number of hydrogen-bond donors (Lipinski definition) is 3. The van der Waals surface area contributed by atoms with Gasteiger partial charge in [0.1, 0.15) is 11.6 Å². The van der Waals surface area contributed by atoms with E-state index in [1.807, 2.05) is 0 Å². The Morgan fingerprint density at radius 1 is 1.25 bits per heavy atom. The standard InChI is InChI=1S/C12H9Cl2FN4O/c13-7-1-5(15)2-8(14)11(7)19-10-3-6(12(17)20)9(16)4-18-10/h1-4H,16H2,(H2,17,20)(H,18,19). The van der Waals surface area contributed by atoms with Crippen LogP contribution in [0.5, 0.6) is 0 Å². The minimum atomic E-state index is -0.691. The zero-order valence-corrected chi connectivity index (χ0v) is 11.5. The number of carbonyl (C=O) groups is 1. The van der Waals surface area contributed by atoms with Gasteiger partial charge in [-0.3, -0.25) is 4.79 Å². The summed E-state index contributed by atoms with van der Waals surface area (Å²) in [7, 11) is 0. The van der Waals surface area contributed by atoms with Crippen LogP contribution in [0.3, 0.4) is 0 Å². The van der Waals surface area contributed by atoms with Crippen molar-refractivity contribution in [2.75, 3.05) is 11.1 Å². The topological polar surface area (TPSA) is 94.0 Å². The molecule has 104 valence electrons. The van der Waals surface area contributed by atoms with E-state index in [-0.39, 0.29) is 32.8 Å². The van der Waals surface area contributed by atoms with Crippen molar-refractivity contribution < 1.29 is 9.18 Å².